The third-order valence-corrected chi connectivity index (χ3v) is 10.4. The number of rotatable bonds is 3. The summed E-state index contributed by atoms with van der Waals surface area (Å²) in [5.41, 5.74) is 0.660. The number of likely N-dealkylation sites (tertiary alicyclic amines) is 3. The molecule has 5 aliphatic heterocycles. The molecule has 0 aliphatic carbocycles. The minimum Gasteiger partial charge on any atom is -0.465 e. The fraction of sp³-hybridized carbons (Fsp3) is 0.759. The van der Waals surface area contributed by atoms with Gasteiger partial charge in [-0.15, -0.1) is 11.3 Å². The lowest BCUT2D eigenvalue weighted by Crippen LogP contribution is -2.58. The zero-order chi connectivity index (χ0) is 31.1. The molecule has 0 radical (unpaired) electrons. The summed E-state index contributed by atoms with van der Waals surface area (Å²) in [6, 6.07) is 0. The molecule has 2 atom stereocenters. The van der Waals surface area contributed by atoms with Crippen LogP contribution in [-0.4, -0.2) is 131 Å². The summed E-state index contributed by atoms with van der Waals surface area (Å²) in [4.78, 5) is 44.6. The molecule has 2 unspecified atom stereocenters. The molecule has 1 spiro atoms. The van der Waals surface area contributed by atoms with Gasteiger partial charge < -0.3 is 34.6 Å². The first-order valence-corrected chi connectivity index (χ1v) is 16.7. The molecule has 5 saturated heterocycles. The van der Waals surface area contributed by atoms with Gasteiger partial charge in [-0.2, -0.15) is 9.97 Å². The molecule has 2 aromatic heterocycles. The fourth-order valence-electron chi connectivity index (χ4n) is 6.77. The normalized spacial score (nSPS) is 25.0. The largest absolute Gasteiger partial charge is 0.465 e. The van der Waals surface area contributed by atoms with Crippen LogP contribution in [0.25, 0.3) is 10.3 Å². The summed E-state index contributed by atoms with van der Waals surface area (Å²) in [5.74, 6) is 1.82. The predicted octanol–water partition coefficient (Wildman–Crippen LogP) is 3.22. The van der Waals surface area contributed by atoms with E-state index in [2.05, 4.69) is 25.1 Å². The van der Waals surface area contributed by atoms with Gasteiger partial charge in [-0.3, -0.25) is 4.90 Å². The van der Waals surface area contributed by atoms with E-state index in [0.717, 1.165) is 100 Å². The highest BCUT2D eigenvalue weighted by atomic mass is 35.5. The van der Waals surface area contributed by atoms with Crippen molar-refractivity contribution in [3.05, 3.63) is 10.3 Å². The van der Waals surface area contributed by atoms with Crippen molar-refractivity contribution in [3.63, 3.8) is 0 Å². The van der Waals surface area contributed by atoms with E-state index in [-0.39, 0.29) is 11.4 Å². The maximum Gasteiger partial charge on any atom is 0.410 e. The van der Waals surface area contributed by atoms with Gasteiger partial charge >= 0.3 is 12.2 Å². The summed E-state index contributed by atoms with van der Waals surface area (Å²) < 4.78 is 12.0. The van der Waals surface area contributed by atoms with Crippen LogP contribution in [0.2, 0.25) is 5.28 Å². The van der Waals surface area contributed by atoms with E-state index in [9.17, 15) is 9.59 Å². The van der Waals surface area contributed by atoms with Crippen molar-refractivity contribution in [2.45, 2.75) is 45.8 Å². The lowest BCUT2D eigenvalue weighted by atomic mass is 9.73. The predicted molar refractivity (Wildman–Crippen MR) is 167 cm³/mol. The van der Waals surface area contributed by atoms with E-state index in [1.54, 1.807) is 11.3 Å². The number of fused-ring (bicyclic) bond motifs is 2. The number of anilines is 1. The molecule has 15 heteroatoms. The molecule has 2 amide bonds. The van der Waals surface area contributed by atoms with Crippen molar-refractivity contribution in [3.8, 4) is 0 Å². The second-order valence-electron chi connectivity index (χ2n) is 13.6. The van der Waals surface area contributed by atoms with Crippen LogP contribution in [0.1, 0.15) is 38.6 Å². The van der Waals surface area contributed by atoms with Crippen molar-refractivity contribution in [2.75, 3.05) is 83.6 Å². The number of carbonyl (C=O) groups excluding carboxylic acids is 1. The number of ether oxygens (including phenoxy) is 2. The van der Waals surface area contributed by atoms with E-state index in [1.807, 2.05) is 25.7 Å². The molecule has 7 heterocycles. The van der Waals surface area contributed by atoms with Crippen molar-refractivity contribution in [1.82, 2.24) is 35.0 Å². The molecule has 242 valence electrons. The molecular weight excluding hydrogens is 608 g/mol. The third kappa shape index (κ3) is 7.14. The Morgan fingerprint density at radius 3 is 2.25 bits per heavy atom. The molecule has 5 aliphatic rings. The van der Waals surface area contributed by atoms with Crippen LogP contribution < -0.4 is 10.2 Å². The number of amides is 2. The van der Waals surface area contributed by atoms with E-state index in [4.69, 9.17) is 31.2 Å². The van der Waals surface area contributed by atoms with E-state index >= 15 is 0 Å². The summed E-state index contributed by atoms with van der Waals surface area (Å²) in [6.45, 7) is 16.5. The van der Waals surface area contributed by atoms with Crippen LogP contribution in [0.5, 0.6) is 0 Å². The Kier molecular flexibility index (Phi) is 9.08. The van der Waals surface area contributed by atoms with E-state index < -0.39 is 11.7 Å². The lowest BCUT2D eigenvalue weighted by molar-refractivity contribution is 0.0274. The lowest BCUT2D eigenvalue weighted by Gasteiger charge is -2.47. The number of carbonyl (C=O) groups is 2. The highest BCUT2D eigenvalue weighted by Gasteiger charge is 2.43. The molecule has 2 aromatic rings. The van der Waals surface area contributed by atoms with Crippen molar-refractivity contribution in [1.29, 1.82) is 0 Å². The molecule has 5 fully saturated rings. The quantitative estimate of drug-likeness (QED) is 0.474. The Morgan fingerprint density at radius 2 is 1.68 bits per heavy atom. The Bertz CT molecular complexity index is 1340. The van der Waals surface area contributed by atoms with Crippen molar-refractivity contribution in [2.24, 2.45) is 17.3 Å². The maximum absolute atomic E-state index is 12.4. The molecule has 2 N–H and O–H groups in total. The van der Waals surface area contributed by atoms with Gasteiger partial charge in [0.1, 0.15) is 15.3 Å². The average Bonchev–Trinajstić information content (AvgIpc) is 3.65. The first kappa shape index (κ1) is 31.5. The minimum absolute atomic E-state index is 0.198. The Labute approximate surface area is 266 Å². The van der Waals surface area contributed by atoms with Crippen molar-refractivity contribution < 1.29 is 24.2 Å². The number of hydrogen-bond acceptors (Lipinski definition) is 11. The van der Waals surface area contributed by atoms with E-state index in [1.165, 1.54) is 4.90 Å². The Balaban J connectivity index is 0.000000238. The Hall–Kier alpha value is -2.52. The number of thiazole rings is 1. The first-order chi connectivity index (χ1) is 21.0. The number of hydrogen-bond donors (Lipinski definition) is 2. The number of aromatic nitrogens is 3. The summed E-state index contributed by atoms with van der Waals surface area (Å²) in [5, 5.41) is 13.2. The molecule has 44 heavy (non-hydrogen) atoms. The molecule has 0 saturated carbocycles. The monoisotopic (exact) mass is 650 g/mol. The second kappa shape index (κ2) is 12.7. The van der Waals surface area contributed by atoms with Crippen molar-refractivity contribution >= 4 is 51.3 Å². The van der Waals surface area contributed by atoms with Gasteiger partial charge in [-0.25, -0.2) is 14.6 Å². The van der Waals surface area contributed by atoms with Crippen LogP contribution in [0.15, 0.2) is 0 Å². The van der Waals surface area contributed by atoms with Gasteiger partial charge in [0, 0.05) is 65.4 Å². The number of morpholine rings is 1. The topological polar surface area (TPSA) is 136 Å². The SMILES string of the molecule is CC(C)(C)OC(=O)N1CC2CN(Cc3nc4nc(Cl)nc(N5CCOCC5)c4s3)CC2C1.O=C(O)N1CCC2(CC1)CNC2. The summed E-state index contributed by atoms with van der Waals surface area (Å²) in [6.07, 6.45) is 1.10. The molecule has 13 nitrogen and oxygen atoms in total. The number of nitrogens with one attached hydrogen (secondary N) is 1. The van der Waals surface area contributed by atoms with Crippen LogP contribution in [-0.2, 0) is 16.0 Å². The second-order valence-corrected chi connectivity index (χ2v) is 15.1. The van der Waals surface area contributed by atoms with Crippen LogP contribution >= 0.6 is 22.9 Å². The van der Waals surface area contributed by atoms with Gasteiger partial charge in [0.05, 0.1) is 19.8 Å². The van der Waals surface area contributed by atoms with Crippen LogP contribution in [0, 0.1) is 17.3 Å². The molecular formula is C29H43ClN8O5S. The van der Waals surface area contributed by atoms with Gasteiger partial charge in [0.15, 0.2) is 11.5 Å². The van der Waals surface area contributed by atoms with Gasteiger partial charge in [0.2, 0.25) is 5.28 Å². The fourth-order valence-corrected chi connectivity index (χ4v) is 8.00. The highest BCUT2D eigenvalue weighted by molar-refractivity contribution is 7.19. The number of halogens is 1. The van der Waals surface area contributed by atoms with Gasteiger partial charge in [0.25, 0.3) is 0 Å². The Morgan fingerprint density at radius 1 is 1.02 bits per heavy atom. The standard InChI is InChI=1S/C21H29ClN6O3S.C8H14N2O2/c1-21(2,3)31-20(29)28-10-13-8-26(9-14(13)11-28)12-15-23-17-16(32-15)18(25-19(22)24-17)27-4-6-30-7-5-27;11-7(12)10-3-1-8(2-4-10)5-9-6-8/h13-14H,4-12H2,1-3H3;9H,1-6H2,(H,11,12). The molecule has 0 bridgehead atoms. The minimum atomic E-state index is -0.767. The average molecular weight is 651 g/mol. The summed E-state index contributed by atoms with van der Waals surface area (Å²) in [7, 11) is 0. The highest BCUT2D eigenvalue weighted by Crippen LogP contribution is 2.36. The first-order valence-electron chi connectivity index (χ1n) is 15.5. The maximum atomic E-state index is 12.4. The van der Waals surface area contributed by atoms with Gasteiger partial charge in [-0.05, 0) is 62.5 Å². The third-order valence-electron chi connectivity index (χ3n) is 9.23. The zero-order valence-corrected chi connectivity index (χ0v) is 27.3. The van der Waals surface area contributed by atoms with Crippen LogP contribution in [0.3, 0.4) is 0 Å². The molecule has 0 aromatic carbocycles. The van der Waals surface area contributed by atoms with Gasteiger partial charge in [-0.1, -0.05) is 0 Å². The van der Waals surface area contributed by atoms with E-state index in [0.29, 0.717) is 36.1 Å². The molecule has 7 rings (SSSR count). The smallest absolute Gasteiger partial charge is 0.410 e. The number of piperidine rings is 1. The number of nitrogens with zero attached hydrogens (tertiary/aromatic N) is 7. The van der Waals surface area contributed by atoms with Crippen LogP contribution in [0.4, 0.5) is 15.4 Å². The summed E-state index contributed by atoms with van der Waals surface area (Å²) >= 11 is 7.85. The zero-order valence-electron chi connectivity index (χ0n) is 25.8. The number of carboxylic acid groups (broad SMARTS) is 1.